The lowest BCUT2D eigenvalue weighted by atomic mass is 9.99. The van der Waals surface area contributed by atoms with Crippen molar-refractivity contribution in [2.24, 2.45) is 0 Å². The Kier molecular flexibility index (Phi) is 4.46. The van der Waals surface area contributed by atoms with Crippen molar-refractivity contribution in [3.8, 4) is 0 Å². The Balaban J connectivity index is 1.69. The van der Waals surface area contributed by atoms with E-state index in [0.29, 0.717) is 12.1 Å². The minimum Gasteiger partial charge on any atom is -0.303 e. The van der Waals surface area contributed by atoms with Crippen LogP contribution < -0.4 is 5.32 Å². The van der Waals surface area contributed by atoms with E-state index in [2.05, 4.69) is 56.4 Å². The van der Waals surface area contributed by atoms with Crippen LogP contribution >= 0.6 is 11.3 Å². The molecule has 2 atom stereocenters. The van der Waals surface area contributed by atoms with Crippen LogP contribution in [0.2, 0.25) is 0 Å². The molecule has 1 heterocycles. The molecular formula is C19H25NS. The molecule has 0 saturated carbocycles. The largest absolute Gasteiger partial charge is 0.303 e. The van der Waals surface area contributed by atoms with Gasteiger partial charge in [0.2, 0.25) is 0 Å². The molecule has 112 valence electrons. The summed E-state index contributed by atoms with van der Waals surface area (Å²) in [5.74, 6) is 0. The summed E-state index contributed by atoms with van der Waals surface area (Å²) >= 11 is 2.02. The maximum absolute atomic E-state index is 3.75. The molecule has 0 radical (unpaired) electrons. The Morgan fingerprint density at radius 3 is 2.43 bits per heavy atom. The fourth-order valence-corrected chi connectivity index (χ4v) is 4.40. The zero-order chi connectivity index (χ0) is 14.8. The molecule has 1 N–H and O–H groups in total. The van der Waals surface area contributed by atoms with E-state index in [1.165, 1.54) is 41.7 Å². The van der Waals surface area contributed by atoms with Gasteiger partial charge in [-0.2, -0.15) is 0 Å². The van der Waals surface area contributed by atoms with E-state index in [-0.39, 0.29) is 0 Å². The summed E-state index contributed by atoms with van der Waals surface area (Å²) < 4.78 is 0. The standard InChI is InChI=1S/C19H25NS/c1-13-8-10-16(11-9-13)14(2)20-15(3)19-12-17-6-4-5-7-18(17)21-19/h8-12,14-15,20H,4-7H2,1-3H3. The van der Waals surface area contributed by atoms with Gasteiger partial charge in [-0.1, -0.05) is 29.8 Å². The molecule has 0 amide bonds. The second-order valence-corrected chi connectivity index (χ2v) is 7.49. The third-order valence-corrected chi connectivity index (χ3v) is 5.94. The minimum absolute atomic E-state index is 0.389. The van der Waals surface area contributed by atoms with E-state index in [1.54, 1.807) is 10.4 Å². The van der Waals surface area contributed by atoms with Crippen LogP contribution in [0.15, 0.2) is 30.3 Å². The Morgan fingerprint density at radius 2 is 1.71 bits per heavy atom. The fourth-order valence-electron chi connectivity index (χ4n) is 3.14. The lowest BCUT2D eigenvalue weighted by Crippen LogP contribution is -2.21. The smallest absolute Gasteiger partial charge is 0.0391 e. The minimum atomic E-state index is 0.389. The van der Waals surface area contributed by atoms with Crippen LogP contribution in [0.4, 0.5) is 0 Å². The summed E-state index contributed by atoms with van der Waals surface area (Å²) in [5, 5.41) is 3.75. The maximum Gasteiger partial charge on any atom is 0.0391 e. The van der Waals surface area contributed by atoms with E-state index in [0.717, 1.165) is 0 Å². The molecule has 1 nitrogen and oxygen atoms in total. The number of nitrogens with one attached hydrogen (secondary N) is 1. The SMILES string of the molecule is Cc1ccc(C(C)NC(C)c2cc3c(s2)CCCC3)cc1. The number of rotatable bonds is 4. The van der Waals surface area contributed by atoms with Gasteiger partial charge in [-0.05, 0) is 63.6 Å². The third-order valence-electron chi connectivity index (χ3n) is 4.52. The molecule has 2 unspecified atom stereocenters. The molecule has 0 aliphatic heterocycles. The summed E-state index contributed by atoms with van der Waals surface area (Å²) in [6.45, 7) is 6.69. The first-order valence-electron chi connectivity index (χ1n) is 8.07. The third kappa shape index (κ3) is 3.38. The number of thiophene rings is 1. The van der Waals surface area contributed by atoms with Crippen LogP contribution in [0.5, 0.6) is 0 Å². The molecule has 0 fully saturated rings. The molecule has 1 aromatic heterocycles. The average Bonchev–Trinajstić information content (AvgIpc) is 2.92. The average molecular weight is 299 g/mol. The van der Waals surface area contributed by atoms with E-state index in [4.69, 9.17) is 0 Å². The molecule has 0 saturated heterocycles. The van der Waals surface area contributed by atoms with Crippen LogP contribution in [0, 0.1) is 6.92 Å². The van der Waals surface area contributed by atoms with Gasteiger partial charge in [0, 0.05) is 21.8 Å². The van der Waals surface area contributed by atoms with Crippen molar-refractivity contribution in [1.82, 2.24) is 5.32 Å². The second kappa shape index (κ2) is 6.33. The van der Waals surface area contributed by atoms with Crippen molar-refractivity contribution in [2.45, 2.75) is 58.5 Å². The van der Waals surface area contributed by atoms with Gasteiger partial charge in [0.15, 0.2) is 0 Å². The molecule has 0 bridgehead atoms. The van der Waals surface area contributed by atoms with Crippen molar-refractivity contribution < 1.29 is 0 Å². The molecule has 21 heavy (non-hydrogen) atoms. The molecule has 2 aromatic rings. The molecule has 1 aliphatic carbocycles. The molecule has 1 aliphatic rings. The normalized spacial score (nSPS) is 17.3. The van der Waals surface area contributed by atoms with Gasteiger partial charge in [0.1, 0.15) is 0 Å². The fraction of sp³-hybridized carbons (Fsp3) is 0.474. The number of hydrogen-bond acceptors (Lipinski definition) is 2. The number of fused-ring (bicyclic) bond motifs is 1. The summed E-state index contributed by atoms with van der Waals surface area (Å²) in [6.07, 6.45) is 5.31. The van der Waals surface area contributed by atoms with Crippen molar-refractivity contribution in [3.05, 3.63) is 56.8 Å². The predicted octanol–water partition coefficient (Wildman–Crippen LogP) is 5.35. The van der Waals surface area contributed by atoms with E-state index in [1.807, 2.05) is 11.3 Å². The summed E-state index contributed by atoms with van der Waals surface area (Å²) in [7, 11) is 0. The summed E-state index contributed by atoms with van der Waals surface area (Å²) in [5.41, 5.74) is 4.30. The van der Waals surface area contributed by atoms with Gasteiger partial charge in [-0.15, -0.1) is 11.3 Å². The number of aryl methyl sites for hydroxylation is 3. The molecule has 1 aromatic carbocycles. The highest BCUT2D eigenvalue weighted by Gasteiger charge is 2.18. The Hall–Kier alpha value is -1.12. The van der Waals surface area contributed by atoms with Crippen LogP contribution in [-0.2, 0) is 12.8 Å². The predicted molar refractivity (Wildman–Crippen MR) is 92.1 cm³/mol. The van der Waals surface area contributed by atoms with Gasteiger partial charge >= 0.3 is 0 Å². The van der Waals surface area contributed by atoms with Crippen LogP contribution in [0.3, 0.4) is 0 Å². The summed E-state index contributed by atoms with van der Waals surface area (Å²) in [6, 6.07) is 12.1. The van der Waals surface area contributed by atoms with E-state index >= 15 is 0 Å². The molecular weight excluding hydrogens is 274 g/mol. The molecule has 0 spiro atoms. The topological polar surface area (TPSA) is 12.0 Å². The van der Waals surface area contributed by atoms with Gasteiger partial charge < -0.3 is 5.32 Å². The monoisotopic (exact) mass is 299 g/mol. The second-order valence-electron chi connectivity index (χ2n) is 6.33. The van der Waals surface area contributed by atoms with Gasteiger partial charge in [0.25, 0.3) is 0 Å². The molecule has 2 heteroatoms. The highest BCUT2D eigenvalue weighted by Crippen LogP contribution is 2.33. The first-order chi connectivity index (χ1) is 10.1. The van der Waals surface area contributed by atoms with Crippen molar-refractivity contribution in [2.75, 3.05) is 0 Å². The first-order valence-corrected chi connectivity index (χ1v) is 8.89. The van der Waals surface area contributed by atoms with Gasteiger partial charge in [-0.3, -0.25) is 0 Å². The van der Waals surface area contributed by atoms with Crippen molar-refractivity contribution in [1.29, 1.82) is 0 Å². The van der Waals surface area contributed by atoms with Gasteiger partial charge in [0.05, 0.1) is 0 Å². The van der Waals surface area contributed by atoms with Crippen molar-refractivity contribution >= 4 is 11.3 Å². The number of benzene rings is 1. The number of hydrogen-bond donors (Lipinski definition) is 1. The van der Waals surface area contributed by atoms with Crippen LogP contribution in [0.25, 0.3) is 0 Å². The zero-order valence-electron chi connectivity index (χ0n) is 13.3. The van der Waals surface area contributed by atoms with Gasteiger partial charge in [-0.25, -0.2) is 0 Å². The lowest BCUT2D eigenvalue weighted by Gasteiger charge is -2.19. The van der Waals surface area contributed by atoms with E-state index < -0.39 is 0 Å². The van der Waals surface area contributed by atoms with E-state index in [9.17, 15) is 0 Å². The highest BCUT2D eigenvalue weighted by atomic mass is 32.1. The Bertz CT molecular complexity index is 573. The quantitative estimate of drug-likeness (QED) is 0.802. The van der Waals surface area contributed by atoms with Crippen molar-refractivity contribution in [3.63, 3.8) is 0 Å². The lowest BCUT2D eigenvalue weighted by molar-refractivity contribution is 0.500. The van der Waals surface area contributed by atoms with Crippen LogP contribution in [0.1, 0.15) is 65.2 Å². The first kappa shape index (κ1) is 14.8. The maximum atomic E-state index is 3.75. The Morgan fingerprint density at radius 1 is 1.00 bits per heavy atom. The summed E-state index contributed by atoms with van der Waals surface area (Å²) in [4.78, 5) is 3.13. The van der Waals surface area contributed by atoms with Crippen LogP contribution in [-0.4, -0.2) is 0 Å². The highest BCUT2D eigenvalue weighted by molar-refractivity contribution is 7.12. The Labute approximate surface area is 132 Å². The molecule has 3 rings (SSSR count). The zero-order valence-corrected chi connectivity index (χ0v) is 14.1.